The molecule has 0 aliphatic rings. The monoisotopic (exact) mass is 296 g/mol. The van der Waals surface area contributed by atoms with E-state index in [1.165, 1.54) is 6.08 Å². The van der Waals surface area contributed by atoms with Crippen molar-refractivity contribution >= 4 is 5.97 Å². The number of aliphatic hydroxyl groups is 1. The zero-order chi connectivity index (χ0) is 16.3. The lowest BCUT2D eigenvalue weighted by Gasteiger charge is -2.18. The lowest BCUT2D eigenvalue weighted by Crippen LogP contribution is -2.18. The first kappa shape index (κ1) is 19.9. The second-order valence-corrected chi connectivity index (χ2v) is 6.43. The van der Waals surface area contributed by atoms with Crippen LogP contribution in [0.3, 0.4) is 0 Å². The fraction of sp³-hybridized carbons (Fsp3) is 0.722. The van der Waals surface area contributed by atoms with E-state index < -0.39 is 5.60 Å². The topological polar surface area (TPSA) is 46.5 Å². The highest BCUT2D eigenvalue weighted by molar-refractivity contribution is 5.83. The number of rotatable bonds is 10. The van der Waals surface area contributed by atoms with Crippen LogP contribution in [0.5, 0.6) is 0 Å². The molecule has 3 nitrogen and oxygen atoms in total. The summed E-state index contributed by atoms with van der Waals surface area (Å²) in [5.41, 5.74) is 0.373. The van der Waals surface area contributed by atoms with Gasteiger partial charge in [-0.3, -0.25) is 0 Å². The minimum absolute atomic E-state index is 0.278. The van der Waals surface area contributed by atoms with E-state index in [2.05, 4.69) is 13.0 Å². The first-order chi connectivity index (χ1) is 9.74. The first-order valence-corrected chi connectivity index (χ1v) is 7.98. The molecule has 0 rings (SSSR count). The Bertz CT molecular complexity index is 348. The smallest absolute Gasteiger partial charge is 0.330 e. The van der Waals surface area contributed by atoms with Crippen LogP contribution in [-0.4, -0.2) is 23.3 Å². The molecular weight excluding hydrogens is 264 g/mol. The van der Waals surface area contributed by atoms with Crippen LogP contribution in [0.25, 0.3) is 0 Å². The number of carbonyl (C=O) groups is 1. The van der Waals surface area contributed by atoms with Gasteiger partial charge >= 0.3 is 5.97 Å². The Hall–Kier alpha value is -1.09. The van der Waals surface area contributed by atoms with Crippen LogP contribution in [0.1, 0.15) is 66.7 Å². The number of ether oxygens (including phenoxy) is 1. The van der Waals surface area contributed by atoms with Crippen molar-refractivity contribution in [3.05, 3.63) is 23.8 Å². The number of esters is 1. The van der Waals surface area contributed by atoms with Gasteiger partial charge in [0.05, 0.1) is 12.2 Å². The molecule has 0 saturated heterocycles. The summed E-state index contributed by atoms with van der Waals surface area (Å²) in [6.07, 6.45) is 10.8. The van der Waals surface area contributed by atoms with Crippen LogP contribution in [-0.2, 0) is 9.53 Å². The number of hydrogen-bond acceptors (Lipinski definition) is 3. The van der Waals surface area contributed by atoms with Gasteiger partial charge in [0, 0.05) is 6.08 Å². The molecule has 3 heteroatoms. The molecule has 0 aliphatic heterocycles. The van der Waals surface area contributed by atoms with E-state index in [1.54, 1.807) is 6.92 Å². The van der Waals surface area contributed by atoms with E-state index in [0.29, 0.717) is 12.5 Å². The Balaban J connectivity index is 3.86. The largest absolute Gasteiger partial charge is 0.463 e. The highest BCUT2D eigenvalue weighted by atomic mass is 16.5. The van der Waals surface area contributed by atoms with Crippen LogP contribution < -0.4 is 0 Å². The molecule has 0 aliphatic carbocycles. The van der Waals surface area contributed by atoms with E-state index in [-0.39, 0.29) is 5.97 Å². The third kappa shape index (κ3) is 13.6. The van der Waals surface area contributed by atoms with Gasteiger partial charge in [-0.15, -0.1) is 0 Å². The fourth-order valence-corrected chi connectivity index (χ4v) is 2.10. The van der Waals surface area contributed by atoms with Crippen molar-refractivity contribution in [3.8, 4) is 0 Å². The summed E-state index contributed by atoms with van der Waals surface area (Å²) in [7, 11) is 0. The molecule has 0 bridgehead atoms. The molecule has 1 atom stereocenters. The van der Waals surface area contributed by atoms with Gasteiger partial charge in [-0.25, -0.2) is 4.79 Å². The van der Waals surface area contributed by atoms with E-state index in [9.17, 15) is 9.90 Å². The summed E-state index contributed by atoms with van der Waals surface area (Å²) in [5, 5.41) is 9.66. The molecule has 0 saturated carbocycles. The predicted molar refractivity (Wildman–Crippen MR) is 88.1 cm³/mol. The number of carbonyl (C=O) groups excluding carboxylic acids is 1. The number of hydrogen-bond donors (Lipinski definition) is 1. The maximum absolute atomic E-state index is 11.2. The van der Waals surface area contributed by atoms with Gasteiger partial charge in [-0.1, -0.05) is 31.9 Å². The summed E-state index contributed by atoms with van der Waals surface area (Å²) in [5.74, 6) is 0.381. The third-order valence-electron chi connectivity index (χ3n) is 3.32. The van der Waals surface area contributed by atoms with Crippen LogP contribution >= 0.6 is 0 Å². The normalized spacial score (nSPS) is 14.5. The van der Waals surface area contributed by atoms with Crippen LogP contribution in [0, 0.1) is 5.92 Å². The van der Waals surface area contributed by atoms with Gasteiger partial charge in [-0.2, -0.15) is 0 Å². The average Bonchev–Trinajstić information content (AvgIpc) is 2.33. The molecular formula is C18H32O3. The minimum atomic E-state index is -0.547. The Morgan fingerprint density at radius 1 is 1.33 bits per heavy atom. The molecule has 122 valence electrons. The highest BCUT2D eigenvalue weighted by Gasteiger charge is 2.12. The molecule has 0 heterocycles. The minimum Gasteiger partial charge on any atom is -0.463 e. The average molecular weight is 296 g/mol. The van der Waals surface area contributed by atoms with Crippen molar-refractivity contribution < 1.29 is 14.6 Å². The molecule has 0 aromatic carbocycles. The fourth-order valence-electron chi connectivity index (χ4n) is 2.10. The van der Waals surface area contributed by atoms with Gasteiger partial charge in [-0.05, 0) is 58.4 Å². The molecule has 0 radical (unpaired) electrons. The highest BCUT2D eigenvalue weighted by Crippen LogP contribution is 2.18. The Morgan fingerprint density at radius 2 is 2.00 bits per heavy atom. The second kappa shape index (κ2) is 10.6. The van der Waals surface area contributed by atoms with Crippen molar-refractivity contribution in [2.75, 3.05) is 6.61 Å². The first-order valence-electron chi connectivity index (χ1n) is 7.98. The molecule has 21 heavy (non-hydrogen) atoms. The lowest BCUT2D eigenvalue weighted by atomic mass is 9.94. The predicted octanol–water partition coefficient (Wildman–Crippen LogP) is 4.41. The van der Waals surface area contributed by atoms with Crippen molar-refractivity contribution in [2.45, 2.75) is 72.3 Å². The Labute approximate surface area is 130 Å². The van der Waals surface area contributed by atoms with E-state index >= 15 is 0 Å². The van der Waals surface area contributed by atoms with Crippen molar-refractivity contribution in [1.29, 1.82) is 0 Å². The molecule has 0 aromatic rings. The summed E-state index contributed by atoms with van der Waals surface area (Å²) in [4.78, 5) is 11.2. The van der Waals surface area contributed by atoms with Gasteiger partial charge in [0.15, 0.2) is 0 Å². The Kier molecular flexibility index (Phi) is 10.1. The zero-order valence-electron chi connectivity index (χ0n) is 14.3. The quantitative estimate of drug-likeness (QED) is 0.369. The van der Waals surface area contributed by atoms with Gasteiger partial charge in [0.1, 0.15) is 0 Å². The van der Waals surface area contributed by atoms with Crippen molar-refractivity contribution in [1.82, 2.24) is 0 Å². The molecule has 0 amide bonds. The van der Waals surface area contributed by atoms with Gasteiger partial charge in [0.2, 0.25) is 0 Å². The Morgan fingerprint density at radius 3 is 2.57 bits per heavy atom. The van der Waals surface area contributed by atoms with Crippen molar-refractivity contribution in [3.63, 3.8) is 0 Å². The molecule has 0 spiro atoms. The maximum Gasteiger partial charge on any atom is 0.330 e. The molecule has 1 N–H and O–H groups in total. The zero-order valence-corrected chi connectivity index (χ0v) is 14.3. The third-order valence-corrected chi connectivity index (χ3v) is 3.32. The van der Waals surface area contributed by atoms with E-state index in [0.717, 1.165) is 37.7 Å². The summed E-state index contributed by atoms with van der Waals surface area (Å²) in [6.45, 7) is 10.1. The summed E-state index contributed by atoms with van der Waals surface area (Å²) < 4.78 is 4.86. The van der Waals surface area contributed by atoms with E-state index in [4.69, 9.17) is 4.74 Å². The molecule has 0 aromatic heterocycles. The maximum atomic E-state index is 11.2. The number of allylic oxidation sites excluding steroid dienone is 3. The standard InChI is InChI=1S/C18H32O3/c1-6-21-17(19)14-16(3)11-8-7-10-15(2)12-9-13-18(4,5)20/h8,11,14-15,20H,6-7,9-10,12-13H2,1-5H3/b11-8+,16-14+. The van der Waals surface area contributed by atoms with Crippen LogP contribution in [0.4, 0.5) is 0 Å². The summed E-state index contributed by atoms with van der Waals surface area (Å²) in [6, 6.07) is 0. The van der Waals surface area contributed by atoms with E-state index in [1.807, 2.05) is 26.8 Å². The van der Waals surface area contributed by atoms with Crippen molar-refractivity contribution in [2.24, 2.45) is 5.92 Å². The lowest BCUT2D eigenvalue weighted by molar-refractivity contribution is -0.137. The molecule has 0 fully saturated rings. The van der Waals surface area contributed by atoms with Gasteiger partial charge < -0.3 is 9.84 Å². The van der Waals surface area contributed by atoms with Gasteiger partial charge in [0.25, 0.3) is 0 Å². The second-order valence-electron chi connectivity index (χ2n) is 6.43. The van der Waals surface area contributed by atoms with Crippen LogP contribution in [0.15, 0.2) is 23.8 Å². The van der Waals surface area contributed by atoms with Crippen LogP contribution in [0.2, 0.25) is 0 Å². The summed E-state index contributed by atoms with van der Waals surface area (Å²) >= 11 is 0. The molecule has 1 unspecified atom stereocenters. The SMILES string of the molecule is CCOC(=O)/C=C(C)/C=C/CCC(C)CCCC(C)(C)O.